The van der Waals surface area contributed by atoms with Gasteiger partial charge >= 0.3 is 0 Å². The standard InChI is InChI=1S/C42H34N4/c1-27-24-25-33(28(2)43-27)42-45-40(30-16-7-4-8-17-30)44-41(46-42)32-19-13-18-31(26-32)39-36-22-11-9-20-34(36)38(29-14-5-3-6-15-29)35-21-10-12-23-37(35)39/h3-10,13-21,24-26H,11-12,22-23H2,1-2H3. The number of aromatic nitrogens is 4. The predicted octanol–water partition coefficient (Wildman–Crippen LogP) is 10.1. The van der Waals surface area contributed by atoms with Crippen molar-refractivity contribution in [2.24, 2.45) is 0 Å². The van der Waals surface area contributed by atoms with Gasteiger partial charge in [0.2, 0.25) is 0 Å². The van der Waals surface area contributed by atoms with Crippen molar-refractivity contribution in [2.75, 3.05) is 0 Å². The molecule has 0 bridgehead atoms. The van der Waals surface area contributed by atoms with Gasteiger partial charge in [-0.15, -0.1) is 0 Å². The molecule has 0 unspecified atom stereocenters. The second kappa shape index (κ2) is 11.8. The Morgan fingerprint density at radius 1 is 0.478 bits per heavy atom. The zero-order chi connectivity index (χ0) is 31.0. The van der Waals surface area contributed by atoms with Crippen LogP contribution in [0, 0.1) is 13.8 Å². The number of rotatable bonds is 5. The number of hydrogen-bond acceptors (Lipinski definition) is 4. The van der Waals surface area contributed by atoms with Gasteiger partial charge in [-0.3, -0.25) is 4.98 Å². The lowest BCUT2D eigenvalue weighted by Gasteiger charge is -2.28. The van der Waals surface area contributed by atoms with Gasteiger partial charge in [0.25, 0.3) is 0 Å². The molecule has 0 saturated carbocycles. The van der Waals surface area contributed by atoms with Crippen LogP contribution in [0.2, 0.25) is 0 Å². The van der Waals surface area contributed by atoms with Crippen molar-refractivity contribution in [1.29, 1.82) is 0 Å². The second-order valence-electron chi connectivity index (χ2n) is 12.1. The molecular formula is C42H34N4. The molecule has 4 heteroatoms. The molecule has 2 aromatic heterocycles. The first-order valence-corrected chi connectivity index (χ1v) is 16.1. The second-order valence-corrected chi connectivity index (χ2v) is 12.1. The molecule has 2 aliphatic carbocycles. The normalized spacial score (nSPS) is 13.3. The zero-order valence-electron chi connectivity index (χ0n) is 26.2. The molecule has 0 radical (unpaired) electrons. The summed E-state index contributed by atoms with van der Waals surface area (Å²) in [5, 5.41) is 0. The van der Waals surface area contributed by atoms with Gasteiger partial charge in [0.1, 0.15) is 0 Å². The highest BCUT2D eigenvalue weighted by Gasteiger charge is 2.26. The summed E-state index contributed by atoms with van der Waals surface area (Å²) in [6.07, 6.45) is 13.5. The first-order chi connectivity index (χ1) is 22.6. The van der Waals surface area contributed by atoms with Crippen LogP contribution in [-0.2, 0) is 12.8 Å². The van der Waals surface area contributed by atoms with Crippen LogP contribution in [0.25, 0.3) is 68.6 Å². The molecule has 2 heterocycles. The molecule has 222 valence electrons. The third-order valence-corrected chi connectivity index (χ3v) is 9.09. The fourth-order valence-corrected chi connectivity index (χ4v) is 6.99. The summed E-state index contributed by atoms with van der Waals surface area (Å²) in [6.45, 7) is 4.02. The van der Waals surface area contributed by atoms with Crippen LogP contribution in [0.5, 0.6) is 0 Å². The van der Waals surface area contributed by atoms with E-state index in [4.69, 9.17) is 19.9 Å². The monoisotopic (exact) mass is 594 g/mol. The van der Waals surface area contributed by atoms with E-state index in [1.807, 2.05) is 50.2 Å². The minimum Gasteiger partial charge on any atom is -0.258 e. The van der Waals surface area contributed by atoms with Crippen LogP contribution in [0.3, 0.4) is 0 Å². The Hall–Kier alpha value is -5.48. The Balaban J connectivity index is 1.33. The lowest BCUT2D eigenvalue weighted by Crippen LogP contribution is -2.09. The summed E-state index contributed by atoms with van der Waals surface area (Å²) in [7, 11) is 0. The first-order valence-electron chi connectivity index (χ1n) is 16.1. The minimum absolute atomic E-state index is 0.636. The maximum absolute atomic E-state index is 5.07. The maximum atomic E-state index is 5.07. The fourth-order valence-electron chi connectivity index (χ4n) is 6.99. The van der Waals surface area contributed by atoms with Crippen molar-refractivity contribution in [1.82, 2.24) is 19.9 Å². The summed E-state index contributed by atoms with van der Waals surface area (Å²) in [6, 6.07) is 33.9. The molecule has 46 heavy (non-hydrogen) atoms. The molecule has 2 aliphatic rings. The van der Waals surface area contributed by atoms with Crippen molar-refractivity contribution in [3.05, 3.63) is 143 Å². The molecule has 0 saturated heterocycles. The van der Waals surface area contributed by atoms with Crippen molar-refractivity contribution < 1.29 is 0 Å². The van der Waals surface area contributed by atoms with E-state index in [0.717, 1.165) is 53.8 Å². The van der Waals surface area contributed by atoms with Crippen molar-refractivity contribution in [3.8, 4) is 56.4 Å². The molecule has 0 amide bonds. The third-order valence-electron chi connectivity index (χ3n) is 9.09. The molecule has 8 rings (SSSR count). The summed E-state index contributed by atoms with van der Waals surface area (Å²) in [5.41, 5.74) is 15.5. The average molecular weight is 595 g/mol. The van der Waals surface area contributed by atoms with E-state index < -0.39 is 0 Å². The smallest absolute Gasteiger partial charge is 0.165 e. The Labute approximate surface area is 270 Å². The van der Waals surface area contributed by atoms with Crippen LogP contribution in [0.1, 0.15) is 46.5 Å². The molecule has 4 nitrogen and oxygen atoms in total. The van der Waals surface area contributed by atoms with Gasteiger partial charge in [0.05, 0.1) is 0 Å². The van der Waals surface area contributed by atoms with Gasteiger partial charge in [0, 0.05) is 28.1 Å². The highest BCUT2D eigenvalue weighted by molar-refractivity contribution is 5.94. The van der Waals surface area contributed by atoms with Crippen LogP contribution in [-0.4, -0.2) is 19.9 Å². The summed E-state index contributed by atoms with van der Waals surface area (Å²) < 4.78 is 0. The Kier molecular flexibility index (Phi) is 7.18. The largest absolute Gasteiger partial charge is 0.258 e. The number of aryl methyl sites for hydroxylation is 2. The van der Waals surface area contributed by atoms with E-state index in [-0.39, 0.29) is 0 Å². The Bertz CT molecular complexity index is 2120. The first kappa shape index (κ1) is 28.0. The molecule has 0 aliphatic heterocycles. The van der Waals surface area contributed by atoms with Crippen molar-refractivity contribution in [3.63, 3.8) is 0 Å². The average Bonchev–Trinajstić information content (AvgIpc) is 3.11. The molecular weight excluding hydrogens is 560 g/mol. The van der Waals surface area contributed by atoms with Gasteiger partial charge in [0.15, 0.2) is 17.5 Å². The van der Waals surface area contributed by atoms with Crippen LogP contribution in [0.4, 0.5) is 0 Å². The van der Waals surface area contributed by atoms with E-state index in [2.05, 4.69) is 85.0 Å². The summed E-state index contributed by atoms with van der Waals surface area (Å²) in [4.78, 5) is 19.8. The Morgan fingerprint density at radius 2 is 1.04 bits per heavy atom. The molecule has 0 N–H and O–H groups in total. The molecule has 0 spiro atoms. The topological polar surface area (TPSA) is 51.6 Å². The van der Waals surface area contributed by atoms with Gasteiger partial charge < -0.3 is 0 Å². The number of fused-ring (bicyclic) bond motifs is 2. The molecule has 6 aromatic rings. The van der Waals surface area contributed by atoms with E-state index in [9.17, 15) is 0 Å². The van der Waals surface area contributed by atoms with E-state index in [0.29, 0.717) is 17.5 Å². The van der Waals surface area contributed by atoms with Gasteiger partial charge in [-0.2, -0.15) is 0 Å². The number of benzene rings is 4. The summed E-state index contributed by atoms with van der Waals surface area (Å²) >= 11 is 0. The van der Waals surface area contributed by atoms with E-state index in [1.165, 1.54) is 44.5 Å². The summed E-state index contributed by atoms with van der Waals surface area (Å²) in [5.74, 6) is 1.95. The number of nitrogens with zero attached hydrogens (tertiary/aromatic N) is 4. The maximum Gasteiger partial charge on any atom is 0.165 e. The number of pyridine rings is 1. The van der Waals surface area contributed by atoms with Gasteiger partial charge in [-0.1, -0.05) is 103 Å². The number of allylic oxidation sites excluding steroid dienone is 2. The minimum atomic E-state index is 0.636. The highest BCUT2D eigenvalue weighted by atomic mass is 15.0. The van der Waals surface area contributed by atoms with Crippen LogP contribution >= 0.6 is 0 Å². The van der Waals surface area contributed by atoms with Gasteiger partial charge in [-0.05, 0) is 102 Å². The third kappa shape index (κ3) is 5.06. The lowest BCUT2D eigenvalue weighted by atomic mass is 9.76. The van der Waals surface area contributed by atoms with E-state index in [1.54, 1.807) is 0 Å². The molecule has 0 fully saturated rings. The van der Waals surface area contributed by atoms with Crippen molar-refractivity contribution >= 4 is 12.2 Å². The quantitative estimate of drug-likeness (QED) is 0.199. The van der Waals surface area contributed by atoms with Crippen LogP contribution < -0.4 is 0 Å². The fraction of sp³-hybridized carbons (Fsp3) is 0.143. The highest BCUT2D eigenvalue weighted by Crippen LogP contribution is 2.45. The SMILES string of the molecule is Cc1ccc(-c2nc(-c3ccccc3)nc(-c3cccc(-c4c5c(c(-c6ccccc6)c6c4CCC=C6)C=CCC5)c3)n2)c(C)n1. The van der Waals surface area contributed by atoms with Gasteiger partial charge in [-0.25, -0.2) is 15.0 Å². The molecule has 4 aromatic carbocycles. The lowest BCUT2D eigenvalue weighted by molar-refractivity contribution is 0.951. The van der Waals surface area contributed by atoms with E-state index >= 15 is 0 Å². The van der Waals surface area contributed by atoms with Crippen molar-refractivity contribution in [2.45, 2.75) is 39.5 Å². The zero-order valence-corrected chi connectivity index (χ0v) is 26.2. The number of hydrogen-bond donors (Lipinski definition) is 0. The predicted molar refractivity (Wildman–Crippen MR) is 189 cm³/mol. The molecule has 0 atom stereocenters. The van der Waals surface area contributed by atoms with Crippen LogP contribution in [0.15, 0.2) is 109 Å². The Morgan fingerprint density at radius 3 is 1.70 bits per heavy atom.